The summed E-state index contributed by atoms with van der Waals surface area (Å²) >= 11 is 5.95. The summed E-state index contributed by atoms with van der Waals surface area (Å²) < 4.78 is 10.1. The van der Waals surface area contributed by atoms with Crippen LogP contribution in [0.15, 0.2) is 24.3 Å². The Morgan fingerprint density at radius 1 is 1.23 bits per heavy atom. The van der Waals surface area contributed by atoms with Crippen molar-refractivity contribution in [2.75, 3.05) is 44.5 Å². The molecule has 0 radical (unpaired) electrons. The lowest BCUT2D eigenvalue weighted by Gasteiger charge is -2.32. The number of hydrogen-bond acceptors (Lipinski definition) is 8. The van der Waals surface area contributed by atoms with Gasteiger partial charge < -0.3 is 20.1 Å². The number of aromatic nitrogens is 2. The van der Waals surface area contributed by atoms with Gasteiger partial charge in [0.15, 0.2) is 5.69 Å². The molecular weight excluding hydrogens is 406 g/mol. The van der Waals surface area contributed by atoms with Gasteiger partial charge in [0.25, 0.3) is 0 Å². The van der Waals surface area contributed by atoms with Gasteiger partial charge in [-0.3, -0.25) is 4.90 Å². The number of likely N-dealkylation sites (tertiary alicyclic amines) is 1. The number of nitrogens with one attached hydrogen (secondary N) is 2. The lowest BCUT2D eigenvalue weighted by atomic mass is 10.0. The predicted octanol–water partition coefficient (Wildman–Crippen LogP) is 3.43. The van der Waals surface area contributed by atoms with E-state index < -0.39 is 5.97 Å². The second-order valence-electron chi connectivity index (χ2n) is 7.16. The highest BCUT2D eigenvalue weighted by Gasteiger charge is 2.21. The number of piperidine rings is 1. The fourth-order valence-corrected chi connectivity index (χ4v) is 3.77. The van der Waals surface area contributed by atoms with Gasteiger partial charge in [0.2, 0.25) is 5.28 Å². The molecule has 0 amide bonds. The van der Waals surface area contributed by atoms with Crippen molar-refractivity contribution in [3.8, 4) is 5.75 Å². The van der Waals surface area contributed by atoms with Crippen LogP contribution in [0.5, 0.6) is 5.75 Å². The molecule has 1 fully saturated rings. The van der Waals surface area contributed by atoms with E-state index in [-0.39, 0.29) is 17.0 Å². The molecule has 9 heteroatoms. The fourth-order valence-electron chi connectivity index (χ4n) is 3.59. The topological polar surface area (TPSA) is 88.6 Å². The van der Waals surface area contributed by atoms with E-state index in [2.05, 4.69) is 44.6 Å². The zero-order chi connectivity index (χ0) is 21.5. The molecule has 0 unspecified atom stereocenters. The minimum atomic E-state index is -0.534. The van der Waals surface area contributed by atoms with E-state index in [1.54, 1.807) is 13.2 Å². The fraction of sp³-hybridized carbons (Fsp3) is 0.476. The molecule has 0 bridgehead atoms. The van der Waals surface area contributed by atoms with E-state index >= 15 is 0 Å². The van der Waals surface area contributed by atoms with E-state index in [1.807, 2.05) is 6.07 Å². The molecule has 1 aromatic carbocycles. The van der Waals surface area contributed by atoms with Crippen LogP contribution in [0.1, 0.15) is 35.8 Å². The molecule has 0 aliphatic carbocycles. The Hall–Kier alpha value is -2.58. The van der Waals surface area contributed by atoms with Crippen molar-refractivity contribution in [1.82, 2.24) is 14.9 Å². The summed E-state index contributed by atoms with van der Waals surface area (Å²) in [5.74, 6) is 0.867. The molecule has 2 heterocycles. The molecule has 0 saturated carbocycles. The first-order chi connectivity index (χ1) is 14.5. The highest BCUT2D eigenvalue weighted by Crippen LogP contribution is 2.27. The molecule has 0 spiro atoms. The molecule has 8 nitrogen and oxygen atoms in total. The monoisotopic (exact) mass is 433 g/mol. The molecule has 2 N–H and O–H groups in total. The van der Waals surface area contributed by atoms with Crippen molar-refractivity contribution < 1.29 is 14.3 Å². The third-order valence-corrected chi connectivity index (χ3v) is 5.24. The van der Waals surface area contributed by atoms with Crippen LogP contribution in [-0.4, -0.2) is 60.7 Å². The number of nitrogens with zero attached hydrogens (tertiary/aromatic N) is 3. The lowest BCUT2D eigenvalue weighted by molar-refractivity contribution is 0.0594. The largest absolute Gasteiger partial charge is 0.495 e. The molecular formula is C21H28ClN5O3. The number of rotatable bonds is 8. The van der Waals surface area contributed by atoms with Crippen LogP contribution in [0.2, 0.25) is 5.28 Å². The second-order valence-corrected chi connectivity index (χ2v) is 7.50. The maximum atomic E-state index is 11.7. The number of benzene rings is 1. The summed E-state index contributed by atoms with van der Waals surface area (Å²) in [6, 6.07) is 8.11. The number of carbonyl (C=O) groups excluding carboxylic acids is 1. The highest BCUT2D eigenvalue weighted by molar-refractivity contribution is 6.28. The molecule has 3 rings (SSSR count). The van der Waals surface area contributed by atoms with Crippen LogP contribution >= 0.6 is 11.6 Å². The van der Waals surface area contributed by atoms with Crippen molar-refractivity contribution in [3.05, 3.63) is 40.8 Å². The summed E-state index contributed by atoms with van der Waals surface area (Å²) in [7, 11) is 3.00. The minimum absolute atomic E-state index is 0.0221. The van der Waals surface area contributed by atoms with Crippen molar-refractivity contribution in [2.45, 2.75) is 32.4 Å². The molecule has 1 saturated heterocycles. The molecule has 0 atom stereocenters. The maximum absolute atomic E-state index is 11.7. The van der Waals surface area contributed by atoms with Crippen LogP contribution in [0.25, 0.3) is 0 Å². The van der Waals surface area contributed by atoms with Gasteiger partial charge in [0.1, 0.15) is 11.6 Å². The summed E-state index contributed by atoms with van der Waals surface area (Å²) in [5.41, 5.74) is 2.42. The summed E-state index contributed by atoms with van der Waals surface area (Å²) in [4.78, 5) is 22.2. The van der Waals surface area contributed by atoms with Gasteiger partial charge in [-0.1, -0.05) is 6.07 Å². The van der Waals surface area contributed by atoms with Gasteiger partial charge in [-0.25, -0.2) is 14.8 Å². The number of halogens is 1. The first kappa shape index (κ1) is 22.1. The third-order valence-electron chi connectivity index (χ3n) is 5.07. The summed E-state index contributed by atoms with van der Waals surface area (Å²) in [5, 5.41) is 6.74. The number of ether oxygens (including phenoxy) is 2. The van der Waals surface area contributed by atoms with Crippen molar-refractivity contribution >= 4 is 29.1 Å². The van der Waals surface area contributed by atoms with Crippen LogP contribution in [-0.2, 0) is 11.3 Å². The molecule has 162 valence electrons. The average molecular weight is 434 g/mol. The number of esters is 1. The molecule has 2 aromatic rings. The van der Waals surface area contributed by atoms with Crippen molar-refractivity contribution in [1.29, 1.82) is 0 Å². The number of carbonyl (C=O) groups is 1. The SMILES string of the molecule is CCNc1cc(CN2CCC(Nc3cc(C(=O)OC)nc(Cl)n3)CC2)ccc1OC. The Morgan fingerprint density at radius 2 is 2.00 bits per heavy atom. The Labute approximate surface area is 181 Å². The summed E-state index contributed by atoms with van der Waals surface area (Å²) in [6.07, 6.45) is 1.93. The normalized spacial score (nSPS) is 14.9. The smallest absolute Gasteiger partial charge is 0.356 e. The number of methoxy groups -OCH3 is 2. The van der Waals surface area contributed by atoms with Crippen LogP contribution in [0.4, 0.5) is 11.5 Å². The van der Waals surface area contributed by atoms with E-state index in [4.69, 9.17) is 21.1 Å². The summed E-state index contributed by atoms with van der Waals surface area (Å²) in [6.45, 7) is 5.73. The van der Waals surface area contributed by atoms with Gasteiger partial charge >= 0.3 is 5.97 Å². The number of hydrogen-bond donors (Lipinski definition) is 2. The molecule has 30 heavy (non-hydrogen) atoms. The van der Waals surface area contributed by atoms with Crippen LogP contribution in [0, 0.1) is 0 Å². The quantitative estimate of drug-likeness (QED) is 0.483. The zero-order valence-electron chi connectivity index (χ0n) is 17.6. The van der Waals surface area contributed by atoms with Gasteiger partial charge in [-0.2, -0.15) is 0 Å². The van der Waals surface area contributed by atoms with Gasteiger partial charge in [0, 0.05) is 38.3 Å². The Morgan fingerprint density at radius 3 is 2.67 bits per heavy atom. The maximum Gasteiger partial charge on any atom is 0.356 e. The van der Waals surface area contributed by atoms with Crippen molar-refractivity contribution in [2.24, 2.45) is 0 Å². The zero-order valence-corrected chi connectivity index (χ0v) is 18.3. The highest BCUT2D eigenvalue weighted by atomic mass is 35.5. The first-order valence-electron chi connectivity index (χ1n) is 10.0. The number of anilines is 2. The molecule has 1 aliphatic heterocycles. The van der Waals surface area contributed by atoms with E-state index in [0.29, 0.717) is 5.82 Å². The Kier molecular flexibility index (Phi) is 7.70. The van der Waals surface area contributed by atoms with Gasteiger partial charge in [-0.05, 0) is 49.1 Å². The molecule has 1 aromatic heterocycles. The van der Waals surface area contributed by atoms with Gasteiger partial charge in [0.05, 0.1) is 19.9 Å². The predicted molar refractivity (Wildman–Crippen MR) is 117 cm³/mol. The molecule has 1 aliphatic rings. The lowest BCUT2D eigenvalue weighted by Crippen LogP contribution is -2.38. The van der Waals surface area contributed by atoms with E-state index in [0.717, 1.165) is 50.5 Å². The Bertz CT molecular complexity index is 872. The van der Waals surface area contributed by atoms with Crippen molar-refractivity contribution in [3.63, 3.8) is 0 Å². The second kappa shape index (κ2) is 10.4. The van der Waals surface area contributed by atoms with Crippen LogP contribution < -0.4 is 15.4 Å². The Balaban J connectivity index is 1.56. The average Bonchev–Trinajstić information content (AvgIpc) is 2.74. The van der Waals surface area contributed by atoms with Crippen LogP contribution in [0.3, 0.4) is 0 Å². The third kappa shape index (κ3) is 5.73. The standard InChI is InChI=1S/C21H28ClN5O3/c1-4-23-16-11-14(5-6-18(16)29-2)13-27-9-7-15(8-10-27)24-19-12-17(20(28)30-3)25-21(22)26-19/h5-6,11-12,15,23H,4,7-10,13H2,1-3H3,(H,24,25,26). The van der Waals surface area contributed by atoms with E-state index in [9.17, 15) is 4.79 Å². The minimum Gasteiger partial charge on any atom is -0.495 e. The van der Waals surface area contributed by atoms with Gasteiger partial charge in [-0.15, -0.1) is 0 Å². The van der Waals surface area contributed by atoms with E-state index in [1.165, 1.54) is 12.7 Å². The first-order valence-corrected chi connectivity index (χ1v) is 10.4.